The molecular weight excluding hydrogens is 274 g/mol. The van der Waals surface area contributed by atoms with Crippen LogP contribution in [0.1, 0.15) is 37.2 Å². The molecule has 2 unspecified atom stereocenters. The SMILES string of the molecule is CCCNc1ccc(C(=O)NCCC(C)S(C)=O)nc1. The van der Waals surface area contributed by atoms with E-state index in [0.29, 0.717) is 18.7 Å². The Balaban J connectivity index is 2.41. The van der Waals surface area contributed by atoms with Gasteiger partial charge in [-0.15, -0.1) is 0 Å². The Morgan fingerprint density at radius 2 is 2.15 bits per heavy atom. The molecule has 1 rings (SSSR count). The van der Waals surface area contributed by atoms with E-state index in [2.05, 4.69) is 22.5 Å². The summed E-state index contributed by atoms with van der Waals surface area (Å²) in [4.78, 5) is 16.0. The second-order valence-corrected chi connectivity index (χ2v) is 6.51. The predicted octanol–water partition coefficient (Wildman–Crippen LogP) is 1.79. The highest BCUT2D eigenvalue weighted by atomic mass is 32.2. The summed E-state index contributed by atoms with van der Waals surface area (Å²) in [6, 6.07) is 3.55. The van der Waals surface area contributed by atoms with Gasteiger partial charge in [0.15, 0.2) is 0 Å². The van der Waals surface area contributed by atoms with Crippen LogP contribution in [0.2, 0.25) is 0 Å². The van der Waals surface area contributed by atoms with Gasteiger partial charge in [0.25, 0.3) is 5.91 Å². The number of pyridine rings is 1. The van der Waals surface area contributed by atoms with Gasteiger partial charge in [0, 0.05) is 35.4 Å². The van der Waals surface area contributed by atoms with E-state index in [9.17, 15) is 9.00 Å². The zero-order valence-electron chi connectivity index (χ0n) is 12.3. The predicted molar refractivity (Wildman–Crippen MR) is 83.5 cm³/mol. The first kappa shape index (κ1) is 16.6. The molecule has 5 nitrogen and oxygen atoms in total. The summed E-state index contributed by atoms with van der Waals surface area (Å²) in [5, 5.41) is 6.08. The van der Waals surface area contributed by atoms with Gasteiger partial charge in [0.2, 0.25) is 0 Å². The van der Waals surface area contributed by atoms with Crippen LogP contribution < -0.4 is 10.6 Å². The third kappa shape index (κ3) is 5.69. The van der Waals surface area contributed by atoms with Gasteiger partial charge in [0.1, 0.15) is 5.69 Å². The second kappa shape index (κ2) is 8.68. The lowest BCUT2D eigenvalue weighted by Crippen LogP contribution is -2.28. The van der Waals surface area contributed by atoms with Gasteiger partial charge in [0.05, 0.1) is 11.9 Å². The van der Waals surface area contributed by atoms with E-state index < -0.39 is 10.8 Å². The highest BCUT2D eigenvalue weighted by Crippen LogP contribution is 2.06. The van der Waals surface area contributed by atoms with Crippen LogP contribution in [0.15, 0.2) is 18.3 Å². The highest BCUT2D eigenvalue weighted by molar-refractivity contribution is 7.84. The molecule has 0 spiro atoms. The van der Waals surface area contributed by atoms with E-state index in [1.165, 1.54) is 0 Å². The van der Waals surface area contributed by atoms with Crippen molar-refractivity contribution < 1.29 is 9.00 Å². The van der Waals surface area contributed by atoms with Crippen LogP contribution in [0.25, 0.3) is 0 Å². The summed E-state index contributed by atoms with van der Waals surface area (Å²) in [7, 11) is -0.851. The van der Waals surface area contributed by atoms with Gasteiger partial charge in [-0.25, -0.2) is 4.98 Å². The van der Waals surface area contributed by atoms with E-state index >= 15 is 0 Å². The Bertz CT molecular complexity index is 448. The first-order valence-corrected chi connectivity index (χ1v) is 8.47. The quantitative estimate of drug-likeness (QED) is 0.767. The minimum absolute atomic E-state index is 0.0869. The fourth-order valence-corrected chi connectivity index (χ4v) is 2.00. The minimum Gasteiger partial charge on any atom is -0.384 e. The van der Waals surface area contributed by atoms with Crippen molar-refractivity contribution in [3.63, 3.8) is 0 Å². The average Bonchev–Trinajstić information content (AvgIpc) is 2.45. The minimum atomic E-state index is -0.851. The smallest absolute Gasteiger partial charge is 0.269 e. The molecule has 0 saturated heterocycles. The van der Waals surface area contributed by atoms with Crippen molar-refractivity contribution in [1.82, 2.24) is 10.3 Å². The highest BCUT2D eigenvalue weighted by Gasteiger charge is 2.09. The summed E-state index contributed by atoms with van der Waals surface area (Å²) in [6.07, 6.45) is 5.08. The van der Waals surface area contributed by atoms with Gasteiger partial charge < -0.3 is 10.6 Å². The molecule has 2 N–H and O–H groups in total. The van der Waals surface area contributed by atoms with E-state index in [0.717, 1.165) is 18.7 Å². The summed E-state index contributed by atoms with van der Waals surface area (Å²) < 4.78 is 11.2. The maximum absolute atomic E-state index is 11.9. The molecule has 0 saturated carbocycles. The van der Waals surface area contributed by atoms with Crippen molar-refractivity contribution in [2.24, 2.45) is 0 Å². The number of nitrogens with zero attached hydrogens (tertiary/aromatic N) is 1. The number of aromatic nitrogens is 1. The summed E-state index contributed by atoms with van der Waals surface area (Å²) in [5.41, 5.74) is 1.32. The first-order chi connectivity index (χ1) is 9.54. The van der Waals surface area contributed by atoms with Crippen LogP contribution in [0, 0.1) is 0 Å². The van der Waals surface area contributed by atoms with E-state index in [1.54, 1.807) is 18.5 Å². The standard InChI is InChI=1S/C14H23N3O2S/c1-4-8-15-12-5-6-13(17-10-12)14(18)16-9-7-11(2)20(3)19/h5-6,10-11,15H,4,7-9H2,1-3H3,(H,16,18). The number of amides is 1. The molecule has 1 amide bonds. The summed E-state index contributed by atoms with van der Waals surface area (Å²) in [6.45, 7) is 5.40. The van der Waals surface area contributed by atoms with Gasteiger partial charge >= 0.3 is 0 Å². The van der Waals surface area contributed by atoms with Crippen molar-refractivity contribution >= 4 is 22.4 Å². The third-order valence-corrected chi connectivity index (χ3v) is 4.35. The molecule has 0 fully saturated rings. The van der Waals surface area contributed by atoms with Crippen molar-refractivity contribution in [2.75, 3.05) is 24.7 Å². The lowest BCUT2D eigenvalue weighted by Gasteiger charge is -2.09. The molecule has 2 atom stereocenters. The van der Waals surface area contributed by atoms with Crippen molar-refractivity contribution in [3.8, 4) is 0 Å². The number of carbonyl (C=O) groups is 1. The fourth-order valence-electron chi connectivity index (χ4n) is 1.55. The summed E-state index contributed by atoms with van der Waals surface area (Å²) in [5.74, 6) is -0.193. The Morgan fingerprint density at radius 3 is 2.70 bits per heavy atom. The van der Waals surface area contributed by atoms with Crippen molar-refractivity contribution in [2.45, 2.75) is 31.9 Å². The maximum Gasteiger partial charge on any atom is 0.269 e. The molecule has 0 aliphatic rings. The van der Waals surface area contributed by atoms with Crippen LogP contribution in [0.5, 0.6) is 0 Å². The number of anilines is 1. The van der Waals surface area contributed by atoms with Crippen LogP contribution in [-0.2, 0) is 10.8 Å². The molecule has 0 radical (unpaired) electrons. The normalized spacial score (nSPS) is 13.6. The lowest BCUT2D eigenvalue weighted by atomic mass is 10.3. The van der Waals surface area contributed by atoms with Gasteiger partial charge in [-0.3, -0.25) is 9.00 Å². The van der Waals surface area contributed by atoms with Crippen LogP contribution >= 0.6 is 0 Å². The molecule has 0 aliphatic heterocycles. The van der Waals surface area contributed by atoms with E-state index in [-0.39, 0.29) is 11.2 Å². The molecule has 1 aromatic heterocycles. The van der Waals surface area contributed by atoms with E-state index in [4.69, 9.17) is 0 Å². The van der Waals surface area contributed by atoms with Gasteiger partial charge in [-0.2, -0.15) is 0 Å². The number of carbonyl (C=O) groups excluding carboxylic acids is 1. The second-order valence-electron chi connectivity index (χ2n) is 4.71. The largest absolute Gasteiger partial charge is 0.384 e. The Morgan fingerprint density at radius 1 is 1.40 bits per heavy atom. The first-order valence-electron chi connectivity index (χ1n) is 6.85. The van der Waals surface area contributed by atoms with Crippen LogP contribution in [0.3, 0.4) is 0 Å². The summed E-state index contributed by atoms with van der Waals surface area (Å²) >= 11 is 0. The number of hydrogen-bond donors (Lipinski definition) is 2. The molecule has 112 valence electrons. The number of rotatable bonds is 8. The molecule has 0 bridgehead atoms. The average molecular weight is 297 g/mol. The van der Waals surface area contributed by atoms with E-state index in [1.807, 2.05) is 13.0 Å². The van der Waals surface area contributed by atoms with Gasteiger partial charge in [-0.05, 0) is 25.0 Å². The third-order valence-electron chi connectivity index (χ3n) is 2.98. The zero-order chi connectivity index (χ0) is 15.0. The number of nitrogens with one attached hydrogen (secondary N) is 2. The molecule has 0 aliphatic carbocycles. The zero-order valence-corrected chi connectivity index (χ0v) is 13.1. The Kier molecular flexibility index (Phi) is 7.22. The lowest BCUT2D eigenvalue weighted by molar-refractivity contribution is 0.0948. The van der Waals surface area contributed by atoms with Crippen LogP contribution in [0.4, 0.5) is 5.69 Å². The Hall–Kier alpha value is -1.43. The topological polar surface area (TPSA) is 71.1 Å². The van der Waals surface area contributed by atoms with Gasteiger partial charge in [-0.1, -0.05) is 13.8 Å². The maximum atomic E-state index is 11.9. The molecule has 1 heterocycles. The monoisotopic (exact) mass is 297 g/mol. The molecule has 6 heteroatoms. The van der Waals surface area contributed by atoms with Crippen molar-refractivity contribution in [3.05, 3.63) is 24.0 Å². The molecule has 0 aromatic carbocycles. The Labute approximate surface area is 123 Å². The molecular formula is C14H23N3O2S. The fraction of sp³-hybridized carbons (Fsp3) is 0.571. The number of hydrogen-bond acceptors (Lipinski definition) is 4. The molecule has 20 heavy (non-hydrogen) atoms. The van der Waals surface area contributed by atoms with Crippen LogP contribution in [-0.4, -0.2) is 39.7 Å². The molecule has 1 aromatic rings. The van der Waals surface area contributed by atoms with Crippen molar-refractivity contribution in [1.29, 1.82) is 0 Å².